The molecule has 0 radical (unpaired) electrons. The van der Waals surface area contributed by atoms with Crippen molar-refractivity contribution >= 4 is 5.69 Å². The van der Waals surface area contributed by atoms with Gasteiger partial charge < -0.3 is 10.0 Å². The standard InChI is InChI=1S/C19H21NO/c1-3-20(19-13-7-4-9-16(19)2)15-18-11-6-5-10-17(18)12-8-14-21/h4-7,9-11,13,21H,3,14-15H2,1-2H3. The molecule has 0 aliphatic carbocycles. The average Bonchev–Trinajstić information content (AvgIpc) is 2.52. The van der Waals surface area contributed by atoms with Gasteiger partial charge in [-0.05, 0) is 37.1 Å². The molecule has 0 atom stereocenters. The van der Waals surface area contributed by atoms with E-state index < -0.39 is 0 Å². The summed E-state index contributed by atoms with van der Waals surface area (Å²) >= 11 is 0. The molecule has 0 bridgehead atoms. The van der Waals surface area contributed by atoms with Crippen LogP contribution < -0.4 is 4.90 Å². The van der Waals surface area contributed by atoms with Crippen LogP contribution in [0, 0.1) is 18.8 Å². The number of para-hydroxylation sites is 1. The highest BCUT2D eigenvalue weighted by atomic mass is 16.2. The molecule has 2 aromatic rings. The van der Waals surface area contributed by atoms with Gasteiger partial charge in [-0.25, -0.2) is 0 Å². The van der Waals surface area contributed by atoms with Gasteiger partial charge >= 0.3 is 0 Å². The van der Waals surface area contributed by atoms with E-state index in [-0.39, 0.29) is 6.61 Å². The summed E-state index contributed by atoms with van der Waals surface area (Å²) in [5, 5.41) is 8.88. The minimum Gasteiger partial charge on any atom is -0.384 e. The first kappa shape index (κ1) is 15.2. The summed E-state index contributed by atoms with van der Waals surface area (Å²) < 4.78 is 0. The molecule has 2 rings (SSSR count). The first-order valence-corrected chi connectivity index (χ1v) is 7.24. The van der Waals surface area contributed by atoms with E-state index in [2.05, 4.69) is 60.9 Å². The van der Waals surface area contributed by atoms with Crippen molar-refractivity contribution in [1.82, 2.24) is 0 Å². The van der Waals surface area contributed by atoms with Crippen LogP contribution in [0.25, 0.3) is 0 Å². The predicted molar refractivity (Wildman–Crippen MR) is 88.3 cm³/mol. The lowest BCUT2D eigenvalue weighted by molar-refractivity contribution is 0.350. The molecule has 0 aliphatic heterocycles. The molecule has 108 valence electrons. The van der Waals surface area contributed by atoms with E-state index >= 15 is 0 Å². The number of nitrogens with zero attached hydrogens (tertiary/aromatic N) is 1. The zero-order valence-electron chi connectivity index (χ0n) is 12.6. The molecule has 2 aromatic carbocycles. The summed E-state index contributed by atoms with van der Waals surface area (Å²) in [6.07, 6.45) is 0. The molecular formula is C19H21NO. The van der Waals surface area contributed by atoms with Crippen molar-refractivity contribution in [3.05, 3.63) is 65.2 Å². The fourth-order valence-electron chi connectivity index (χ4n) is 2.41. The number of benzene rings is 2. The molecule has 2 nitrogen and oxygen atoms in total. The third-order valence-corrected chi connectivity index (χ3v) is 3.52. The Balaban J connectivity index is 2.29. The van der Waals surface area contributed by atoms with Gasteiger partial charge in [0.05, 0.1) is 0 Å². The Kier molecular flexibility index (Phi) is 5.43. The van der Waals surface area contributed by atoms with Crippen LogP contribution in [-0.2, 0) is 6.54 Å². The molecule has 0 aromatic heterocycles. The highest BCUT2D eigenvalue weighted by Crippen LogP contribution is 2.22. The van der Waals surface area contributed by atoms with E-state index in [0.29, 0.717) is 0 Å². The lowest BCUT2D eigenvalue weighted by atomic mass is 10.1. The number of hydrogen-bond acceptors (Lipinski definition) is 2. The number of aryl methyl sites for hydroxylation is 1. The lowest BCUT2D eigenvalue weighted by Gasteiger charge is -2.25. The average molecular weight is 279 g/mol. The topological polar surface area (TPSA) is 23.5 Å². The van der Waals surface area contributed by atoms with Crippen molar-refractivity contribution in [3.8, 4) is 11.8 Å². The van der Waals surface area contributed by atoms with Gasteiger partial charge in [0.25, 0.3) is 0 Å². The number of hydrogen-bond donors (Lipinski definition) is 1. The highest BCUT2D eigenvalue weighted by molar-refractivity contribution is 5.54. The SMILES string of the molecule is CCN(Cc1ccccc1C#CCO)c1ccccc1C. The monoisotopic (exact) mass is 279 g/mol. The second-order valence-electron chi connectivity index (χ2n) is 4.92. The van der Waals surface area contributed by atoms with E-state index in [4.69, 9.17) is 5.11 Å². The molecule has 0 spiro atoms. The Labute approximate surface area is 127 Å². The summed E-state index contributed by atoms with van der Waals surface area (Å²) in [5.41, 5.74) is 4.70. The van der Waals surface area contributed by atoms with Crippen molar-refractivity contribution in [3.63, 3.8) is 0 Å². The first-order valence-electron chi connectivity index (χ1n) is 7.24. The molecule has 0 saturated heterocycles. The van der Waals surface area contributed by atoms with E-state index in [0.717, 1.165) is 18.7 Å². The van der Waals surface area contributed by atoms with Gasteiger partial charge in [-0.15, -0.1) is 0 Å². The first-order chi connectivity index (χ1) is 10.3. The molecule has 2 heteroatoms. The maximum absolute atomic E-state index is 8.88. The summed E-state index contributed by atoms with van der Waals surface area (Å²) in [7, 11) is 0. The molecule has 0 fully saturated rings. The lowest BCUT2D eigenvalue weighted by Crippen LogP contribution is -2.23. The second-order valence-corrected chi connectivity index (χ2v) is 4.92. The van der Waals surface area contributed by atoms with E-state index in [1.165, 1.54) is 16.8 Å². The highest BCUT2D eigenvalue weighted by Gasteiger charge is 2.09. The van der Waals surface area contributed by atoms with Gasteiger partial charge in [-0.1, -0.05) is 48.2 Å². The fraction of sp³-hybridized carbons (Fsp3) is 0.263. The smallest absolute Gasteiger partial charge is 0.104 e. The molecular weight excluding hydrogens is 258 g/mol. The van der Waals surface area contributed by atoms with Crippen LogP contribution in [0.15, 0.2) is 48.5 Å². The Morgan fingerprint density at radius 3 is 2.48 bits per heavy atom. The minimum absolute atomic E-state index is 0.108. The summed E-state index contributed by atoms with van der Waals surface area (Å²) in [6.45, 7) is 5.94. The van der Waals surface area contributed by atoms with Crippen molar-refractivity contribution in [2.45, 2.75) is 20.4 Å². The van der Waals surface area contributed by atoms with E-state index in [1.807, 2.05) is 18.2 Å². The number of rotatable bonds is 4. The van der Waals surface area contributed by atoms with Gasteiger partial charge in [0.1, 0.15) is 6.61 Å². The van der Waals surface area contributed by atoms with Gasteiger partial charge in [0.2, 0.25) is 0 Å². The molecule has 0 saturated carbocycles. The van der Waals surface area contributed by atoms with Gasteiger partial charge in [0, 0.05) is 24.3 Å². The van der Waals surface area contributed by atoms with Crippen LogP contribution in [0.1, 0.15) is 23.6 Å². The summed E-state index contributed by atoms with van der Waals surface area (Å²) in [4.78, 5) is 2.34. The van der Waals surface area contributed by atoms with Crippen LogP contribution in [-0.4, -0.2) is 18.3 Å². The maximum atomic E-state index is 8.88. The van der Waals surface area contributed by atoms with Crippen LogP contribution in [0.2, 0.25) is 0 Å². The molecule has 0 amide bonds. The van der Waals surface area contributed by atoms with E-state index in [1.54, 1.807) is 0 Å². The molecule has 21 heavy (non-hydrogen) atoms. The zero-order valence-corrected chi connectivity index (χ0v) is 12.6. The van der Waals surface area contributed by atoms with Crippen LogP contribution in [0.5, 0.6) is 0 Å². The third-order valence-electron chi connectivity index (χ3n) is 3.52. The number of aliphatic hydroxyl groups is 1. The predicted octanol–water partition coefficient (Wildman–Crippen LogP) is 3.37. The summed E-state index contributed by atoms with van der Waals surface area (Å²) in [6, 6.07) is 16.5. The molecule has 0 unspecified atom stereocenters. The van der Waals surface area contributed by atoms with Gasteiger partial charge in [-0.2, -0.15) is 0 Å². The Morgan fingerprint density at radius 2 is 1.76 bits per heavy atom. The third kappa shape index (κ3) is 3.87. The van der Waals surface area contributed by atoms with Crippen LogP contribution in [0.4, 0.5) is 5.69 Å². The Bertz CT molecular complexity index is 652. The number of aliphatic hydroxyl groups excluding tert-OH is 1. The Morgan fingerprint density at radius 1 is 1.05 bits per heavy atom. The molecule has 0 heterocycles. The maximum Gasteiger partial charge on any atom is 0.104 e. The van der Waals surface area contributed by atoms with Crippen molar-refractivity contribution < 1.29 is 5.11 Å². The fourth-order valence-corrected chi connectivity index (χ4v) is 2.41. The normalized spacial score (nSPS) is 9.86. The van der Waals surface area contributed by atoms with Gasteiger partial charge in [-0.3, -0.25) is 0 Å². The number of anilines is 1. The second kappa shape index (κ2) is 7.52. The zero-order chi connectivity index (χ0) is 15.1. The van der Waals surface area contributed by atoms with E-state index in [9.17, 15) is 0 Å². The van der Waals surface area contributed by atoms with Crippen molar-refractivity contribution in [2.75, 3.05) is 18.1 Å². The molecule has 0 aliphatic rings. The largest absolute Gasteiger partial charge is 0.384 e. The molecule has 1 N–H and O–H groups in total. The van der Waals surface area contributed by atoms with Gasteiger partial charge in [0.15, 0.2) is 0 Å². The van der Waals surface area contributed by atoms with Crippen molar-refractivity contribution in [1.29, 1.82) is 0 Å². The van der Waals surface area contributed by atoms with Crippen molar-refractivity contribution in [2.24, 2.45) is 0 Å². The summed E-state index contributed by atoms with van der Waals surface area (Å²) in [5.74, 6) is 5.77. The van der Waals surface area contributed by atoms with Crippen LogP contribution in [0.3, 0.4) is 0 Å². The Hall–Kier alpha value is -2.24. The quantitative estimate of drug-likeness (QED) is 0.867. The minimum atomic E-state index is -0.108. The van der Waals surface area contributed by atoms with Crippen LogP contribution >= 0.6 is 0 Å².